The third-order valence-electron chi connectivity index (χ3n) is 4.92. The Kier molecular flexibility index (Phi) is 14.9. The maximum absolute atomic E-state index is 12.9. The van der Waals surface area contributed by atoms with E-state index in [1.54, 1.807) is 0 Å². The summed E-state index contributed by atoms with van der Waals surface area (Å²) in [6.45, 7) is 3.99. The predicted octanol–water partition coefficient (Wildman–Crippen LogP) is -1.63. The Morgan fingerprint density at radius 1 is 0.743 bits per heavy atom. The van der Waals surface area contributed by atoms with Gasteiger partial charge in [-0.2, -0.15) is 0 Å². The van der Waals surface area contributed by atoms with Crippen LogP contribution in [0.4, 0.5) is 0 Å². The Bertz CT molecular complexity index is 759. The highest BCUT2D eigenvalue weighted by Crippen LogP contribution is 2.07. The minimum Gasteiger partial charge on any atom is -0.481 e. The Labute approximate surface area is 203 Å². The molecule has 4 atom stereocenters. The SMILES string of the molecule is CC(C)CC(N)C(=O)NC(CCC(=O)O)C(=O)NC(CCCCN)C(=O)NC(CC(=O)O)C(=O)O. The molecule has 14 nitrogen and oxygen atoms in total. The van der Waals surface area contributed by atoms with Crippen LogP contribution in [-0.4, -0.2) is 81.7 Å². The minimum absolute atomic E-state index is 0.0423. The summed E-state index contributed by atoms with van der Waals surface area (Å²) in [7, 11) is 0. The lowest BCUT2D eigenvalue weighted by Crippen LogP contribution is -2.57. The van der Waals surface area contributed by atoms with Crippen LogP contribution in [0.15, 0.2) is 0 Å². The number of carboxylic acid groups (broad SMARTS) is 3. The first-order chi connectivity index (χ1) is 16.3. The van der Waals surface area contributed by atoms with Crippen LogP contribution in [0, 0.1) is 5.92 Å². The zero-order valence-electron chi connectivity index (χ0n) is 20.0. The van der Waals surface area contributed by atoms with Crippen molar-refractivity contribution >= 4 is 35.6 Å². The standard InChI is InChI=1S/C21H37N5O9/c1-11(2)9-12(23)18(31)24-14(6-7-16(27)28)20(33)25-13(5-3-4-8-22)19(32)26-15(21(34)35)10-17(29)30/h11-15H,3-10,22-23H2,1-2H3,(H,24,31)(H,25,33)(H,26,32)(H,27,28)(H,29,30)(H,34,35). The van der Waals surface area contributed by atoms with E-state index in [1.165, 1.54) is 0 Å². The maximum atomic E-state index is 12.9. The van der Waals surface area contributed by atoms with Gasteiger partial charge in [0, 0.05) is 6.42 Å². The van der Waals surface area contributed by atoms with Gasteiger partial charge in [0.2, 0.25) is 17.7 Å². The average molecular weight is 504 g/mol. The zero-order chi connectivity index (χ0) is 27.1. The number of hydrogen-bond donors (Lipinski definition) is 8. The van der Waals surface area contributed by atoms with E-state index in [0.717, 1.165) is 0 Å². The highest BCUT2D eigenvalue weighted by molar-refractivity contribution is 5.94. The number of aliphatic carboxylic acids is 3. The molecular formula is C21H37N5O9. The van der Waals surface area contributed by atoms with Gasteiger partial charge < -0.3 is 42.7 Å². The molecule has 0 aromatic rings. The van der Waals surface area contributed by atoms with Gasteiger partial charge >= 0.3 is 17.9 Å². The van der Waals surface area contributed by atoms with Crippen LogP contribution >= 0.6 is 0 Å². The second kappa shape index (κ2) is 16.4. The summed E-state index contributed by atoms with van der Waals surface area (Å²) in [6.07, 6.45) is -0.395. The third kappa shape index (κ3) is 13.9. The van der Waals surface area contributed by atoms with Gasteiger partial charge in [0.15, 0.2) is 0 Å². The molecule has 0 aliphatic carbocycles. The average Bonchev–Trinajstić information content (AvgIpc) is 2.74. The normalized spacial score (nSPS) is 14.3. The van der Waals surface area contributed by atoms with Crippen molar-refractivity contribution in [3.8, 4) is 0 Å². The van der Waals surface area contributed by atoms with E-state index in [-0.39, 0.29) is 18.8 Å². The lowest BCUT2D eigenvalue weighted by atomic mass is 10.0. The molecule has 4 unspecified atom stereocenters. The van der Waals surface area contributed by atoms with E-state index in [0.29, 0.717) is 25.8 Å². The van der Waals surface area contributed by atoms with E-state index in [9.17, 15) is 33.9 Å². The molecule has 0 aromatic heterocycles. The van der Waals surface area contributed by atoms with Gasteiger partial charge in [-0.05, 0) is 44.6 Å². The fourth-order valence-electron chi connectivity index (χ4n) is 3.11. The molecule has 3 amide bonds. The molecule has 0 heterocycles. The largest absolute Gasteiger partial charge is 0.481 e. The molecule has 0 aromatic carbocycles. The molecule has 0 saturated carbocycles. The van der Waals surface area contributed by atoms with Crippen molar-refractivity contribution in [1.29, 1.82) is 0 Å². The monoisotopic (exact) mass is 503 g/mol. The number of carbonyl (C=O) groups excluding carboxylic acids is 3. The summed E-state index contributed by atoms with van der Waals surface area (Å²) in [5, 5.41) is 33.9. The van der Waals surface area contributed by atoms with E-state index < -0.39 is 72.6 Å². The molecule has 35 heavy (non-hydrogen) atoms. The number of carbonyl (C=O) groups is 6. The van der Waals surface area contributed by atoms with Crippen molar-refractivity contribution in [2.75, 3.05) is 6.54 Å². The Hall–Kier alpha value is -3.26. The fraction of sp³-hybridized carbons (Fsp3) is 0.714. The molecule has 0 radical (unpaired) electrons. The van der Waals surface area contributed by atoms with Crippen molar-refractivity contribution < 1.29 is 44.1 Å². The van der Waals surface area contributed by atoms with Crippen molar-refractivity contribution in [3.05, 3.63) is 0 Å². The molecule has 0 bridgehead atoms. The summed E-state index contributed by atoms with van der Waals surface area (Å²) in [5.41, 5.74) is 11.3. The van der Waals surface area contributed by atoms with Gasteiger partial charge in [-0.25, -0.2) is 4.79 Å². The number of carboxylic acids is 3. The van der Waals surface area contributed by atoms with E-state index >= 15 is 0 Å². The van der Waals surface area contributed by atoms with E-state index in [1.807, 2.05) is 13.8 Å². The zero-order valence-corrected chi connectivity index (χ0v) is 20.0. The Balaban J connectivity index is 5.59. The van der Waals surface area contributed by atoms with Crippen LogP contribution in [0.25, 0.3) is 0 Å². The predicted molar refractivity (Wildman–Crippen MR) is 123 cm³/mol. The molecule has 0 spiro atoms. The van der Waals surface area contributed by atoms with E-state index in [2.05, 4.69) is 16.0 Å². The van der Waals surface area contributed by atoms with Crippen LogP contribution in [0.3, 0.4) is 0 Å². The maximum Gasteiger partial charge on any atom is 0.326 e. The van der Waals surface area contributed by atoms with Crippen LogP contribution < -0.4 is 27.4 Å². The fourth-order valence-corrected chi connectivity index (χ4v) is 3.11. The summed E-state index contributed by atoms with van der Waals surface area (Å²) < 4.78 is 0. The van der Waals surface area contributed by atoms with Gasteiger partial charge in [-0.15, -0.1) is 0 Å². The quantitative estimate of drug-likeness (QED) is 0.0985. The van der Waals surface area contributed by atoms with Crippen molar-refractivity contribution in [2.45, 2.75) is 83.0 Å². The van der Waals surface area contributed by atoms with Crippen LogP contribution in [0.5, 0.6) is 0 Å². The lowest BCUT2D eigenvalue weighted by molar-refractivity contribution is -0.147. The number of nitrogens with two attached hydrogens (primary N) is 2. The molecule has 200 valence electrons. The van der Waals surface area contributed by atoms with Crippen molar-refractivity contribution in [1.82, 2.24) is 16.0 Å². The lowest BCUT2D eigenvalue weighted by Gasteiger charge is -2.25. The minimum atomic E-state index is -1.73. The summed E-state index contributed by atoms with van der Waals surface area (Å²) in [4.78, 5) is 71.2. The van der Waals surface area contributed by atoms with Gasteiger partial charge in [0.25, 0.3) is 0 Å². The number of hydrogen-bond acceptors (Lipinski definition) is 8. The number of nitrogens with one attached hydrogen (secondary N) is 3. The van der Waals surface area contributed by atoms with Crippen LogP contribution in [0.2, 0.25) is 0 Å². The summed E-state index contributed by atoms with van der Waals surface area (Å²) >= 11 is 0. The Morgan fingerprint density at radius 2 is 1.26 bits per heavy atom. The van der Waals surface area contributed by atoms with Crippen LogP contribution in [-0.2, 0) is 28.8 Å². The summed E-state index contributed by atoms with van der Waals surface area (Å²) in [6, 6.07) is -5.27. The van der Waals surface area contributed by atoms with Crippen LogP contribution in [0.1, 0.15) is 58.8 Å². The Morgan fingerprint density at radius 3 is 1.71 bits per heavy atom. The van der Waals surface area contributed by atoms with Crippen molar-refractivity contribution in [3.63, 3.8) is 0 Å². The molecular weight excluding hydrogens is 466 g/mol. The van der Waals surface area contributed by atoms with Gasteiger partial charge in [0.05, 0.1) is 12.5 Å². The highest BCUT2D eigenvalue weighted by Gasteiger charge is 2.31. The first-order valence-corrected chi connectivity index (χ1v) is 11.3. The first kappa shape index (κ1) is 31.7. The van der Waals surface area contributed by atoms with E-state index in [4.69, 9.17) is 21.7 Å². The van der Waals surface area contributed by atoms with Gasteiger partial charge in [-0.1, -0.05) is 13.8 Å². The number of rotatable bonds is 18. The topological polar surface area (TPSA) is 251 Å². The van der Waals surface area contributed by atoms with Gasteiger partial charge in [0.1, 0.15) is 18.1 Å². The highest BCUT2D eigenvalue weighted by atomic mass is 16.4. The molecule has 0 saturated heterocycles. The first-order valence-electron chi connectivity index (χ1n) is 11.3. The second-order valence-electron chi connectivity index (χ2n) is 8.57. The number of amides is 3. The second-order valence-corrected chi connectivity index (χ2v) is 8.57. The molecule has 10 N–H and O–H groups in total. The molecule has 0 aliphatic rings. The number of unbranched alkanes of at least 4 members (excludes halogenated alkanes) is 1. The molecule has 0 aliphatic heterocycles. The van der Waals surface area contributed by atoms with Crippen molar-refractivity contribution in [2.24, 2.45) is 17.4 Å². The van der Waals surface area contributed by atoms with Gasteiger partial charge in [-0.3, -0.25) is 24.0 Å². The summed E-state index contributed by atoms with van der Waals surface area (Å²) in [5.74, 6) is -6.61. The molecule has 0 fully saturated rings. The third-order valence-corrected chi connectivity index (χ3v) is 4.92. The molecule has 0 rings (SSSR count). The molecule has 14 heteroatoms. The smallest absolute Gasteiger partial charge is 0.326 e.